The number of rotatable bonds is 4. The second-order valence-electron chi connectivity index (χ2n) is 3.77. The van der Waals surface area contributed by atoms with Gasteiger partial charge in [0.15, 0.2) is 0 Å². The van der Waals surface area contributed by atoms with Gasteiger partial charge in [0.1, 0.15) is 5.75 Å². The average Bonchev–Trinajstić information content (AvgIpc) is 2.69. The highest BCUT2D eigenvalue weighted by atomic mass is 32.1. The summed E-state index contributed by atoms with van der Waals surface area (Å²) in [7, 11) is 1.65. The molecular weight excluding hydrogens is 246 g/mol. The molecule has 0 aliphatic rings. The van der Waals surface area contributed by atoms with Crippen molar-refractivity contribution in [2.75, 3.05) is 12.5 Å². The van der Waals surface area contributed by atoms with Gasteiger partial charge in [-0.2, -0.15) is 5.10 Å². The third kappa shape index (κ3) is 2.87. The zero-order valence-electron chi connectivity index (χ0n) is 10.6. The van der Waals surface area contributed by atoms with Crippen molar-refractivity contribution in [3.8, 4) is 5.75 Å². The molecule has 1 N–H and O–H groups in total. The molecule has 1 heterocycles. The summed E-state index contributed by atoms with van der Waals surface area (Å²) in [6.07, 6.45) is 1.73. The number of para-hydroxylation sites is 1. The van der Waals surface area contributed by atoms with Crippen molar-refractivity contribution in [3.05, 3.63) is 40.4 Å². The Morgan fingerprint density at radius 2 is 2.11 bits per heavy atom. The van der Waals surface area contributed by atoms with Gasteiger partial charge in [-0.25, -0.2) is 4.98 Å². The van der Waals surface area contributed by atoms with Gasteiger partial charge in [0, 0.05) is 10.4 Å². The summed E-state index contributed by atoms with van der Waals surface area (Å²) >= 11 is 1.59. The summed E-state index contributed by atoms with van der Waals surface area (Å²) < 4.78 is 5.24. The summed E-state index contributed by atoms with van der Waals surface area (Å²) in [6.45, 7) is 4.03. The van der Waals surface area contributed by atoms with Crippen LogP contribution in [0.2, 0.25) is 0 Å². The molecule has 1 aromatic heterocycles. The van der Waals surface area contributed by atoms with Gasteiger partial charge >= 0.3 is 0 Å². The van der Waals surface area contributed by atoms with E-state index in [2.05, 4.69) is 15.5 Å². The molecular formula is C13H15N3OS. The van der Waals surface area contributed by atoms with Gasteiger partial charge in [-0.1, -0.05) is 12.1 Å². The summed E-state index contributed by atoms with van der Waals surface area (Å²) in [5, 5.41) is 4.97. The molecule has 0 bridgehead atoms. The van der Waals surface area contributed by atoms with Crippen LogP contribution in [-0.4, -0.2) is 18.3 Å². The molecule has 1 aromatic carbocycles. The van der Waals surface area contributed by atoms with Crippen LogP contribution in [0.15, 0.2) is 29.4 Å². The molecule has 0 fully saturated rings. The molecule has 2 rings (SSSR count). The number of hydrazone groups is 1. The first kappa shape index (κ1) is 12.6. The van der Waals surface area contributed by atoms with Gasteiger partial charge in [-0.15, -0.1) is 11.3 Å². The number of ether oxygens (including phenoxy) is 1. The van der Waals surface area contributed by atoms with Crippen LogP contribution in [0.5, 0.6) is 5.75 Å². The van der Waals surface area contributed by atoms with Crippen molar-refractivity contribution in [1.29, 1.82) is 0 Å². The Hall–Kier alpha value is -1.88. The van der Waals surface area contributed by atoms with E-state index in [9.17, 15) is 0 Å². The van der Waals surface area contributed by atoms with Crippen molar-refractivity contribution < 1.29 is 4.74 Å². The number of hydrogen-bond donors (Lipinski definition) is 1. The zero-order chi connectivity index (χ0) is 13.0. The van der Waals surface area contributed by atoms with Crippen LogP contribution in [0.25, 0.3) is 0 Å². The molecule has 0 aliphatic heterocycles. The smallest absolute Gasteiger partial charge is 0.203 e. The molecule has 0 saturated heterocycles. The normalized spacial score (nSPS) is 10.8. The number of aryl methyl sites for hydroxylation is 2. The van der Waals surface area contributed by atoms with E-state index < -0.39 is 0 Å². The maximum absolute atomic E-state index is 5.24. The van der Waals surface area contributed by atoms with Crippen molar-refractivity contribution >= 4 is 22.7 Å². The number of methoxy groups -OCH3 is 1. The third-order valence-corrected chi connectivity index (χ3v) is 3.51. The second-order valence-corrected chi connectivity index (χ2v) is 4.98. The van der Waals surface area contributed by atoms with Crippen molar-refractivity contribution in [2.45, 2.75) is 13.8 Å². The first-order chi connectivity index (χ1) is 8.70. The Morgan fingerprint density at radius 3 is 2.78 bits per heavy atom. The van der Waals surface area contributed by atoms with Gasteiger partial charge < -0.3 is 4.74 Å². The number of anilines is 1. The Bertz CT molecular complexity index is 544. The summed E-state index contributed by atoms with van der Waals surface area (Å²) in [5.74, 6) is 0.801. The number of nitrogens with one attached hydrogen (secondary N) is 1. The summed E-state index contributed by atoms with van der Waals surface area (Å²) in [5.41, 5.74) is 4.89. The van der Waals surface area contributed by atoms with Crippen molar-refractivity contribution in [2.24, 2.45) is 5.10 Å². The number of nitrogens with zero attached hydrogens (tertiary/aromatic N) is 2. The zero-order valence-corrected chi connectivity index (χ0v) is 11.4. The first-order valence-electron chi connectivity index (χ1n) is 5.57. The van der Waals surface area contributed by atoms with E-state index in [0.29, 0.717) is 0 Å². The minimum Gasteiger partial charge on any atom is -0.496 e. The first-order valence-corrected chi connectivity index (χ1v) is 6.38. The Morgan fingerprint density at radius 1 is 1.33 bits per heavy atom. The molecule has 18 heavy (non-hydrogen) atoms. The molecule has 0 radical (unpaired) electrons. The van der Waals surface area contributed by atoms with Crippen LogP contribution in [0.4, 0.5) is 5.13 Å². The van der Waals surface area contributed by atoms with E-state index in [-0.39, 0.29) is 0 Å². The molecule has 2 aromatic rings. The van der Waals surface area contributed by atoms with E-state index in [1.807, 2.05) is 38.1 Å². The SMILES string of the molecule is COc1ccccc1/C=N\Nc1nc(C)c(C)s1. The monoisotopic (exact) mass is 261 g/mol. The van der Waals surface area contributed by atoms with Gasteiger partial charge in [0.05, 0.1) is 19.0 Å². The summed E-state index contributed by atoms with van der Waals surface area (Å²) in [6, 6.07) is 7.72. The quantitative estimate of drug-likeness (QED) is 0.679. The lowest BCUT2D eigenvalue weighted by atomic mass is 10.2. The maximum atomic E-state index is 5.24. The molecule has 0 spiro atoms. The van der Waals surface area contributed by atoms with Gasteiger partial charge in [-0.3, -0.25) is 5.43 Å². The summed E-state index contributed by atoms with van der Waals surface area (Å²) in [4.78, 5) is 5.55. The minimum atomic E-state index is 0.801. The van der Waals surface area contributed by atoms with E-state index in [1.165, 1.54) is 4.88 Å². The largest absolute Gasteiger partial charge is 0.496 e. The van der Waals surface area contributed by atoms with Gasteiger partial charge in [0.25, 0.3) is 0 Å². The predicted octanol–water partition coefficient (Wildman–Crippen LogP) is 3.21. The molecule has 5 heteroatoms. The van der Waals surface area contributed by atoms with E-state index in [1.54, 1.807) is 24.7 Å². The topological polar surface area (TPSA) is 46.5 Å². The van der Waals surface area contributed by atoms with Crippen molar-refractivity contribution in [3.63, 3.8) is 0 Å². The fourth-order valence-electron chi connectivity index (χ4n) is 1.45. The molecule has 0 aliphatic carbocycles. The standard InChI is InChI=1S/C13H15N3OS/c1-9-10(2)18-13(15-9)16-14-8-11-6-4-5-7-12(11)17-3/h4-8H,1-3H3,(H,15,16)/b14-8-. The lowest BCUT2D eigenvalue weighted by molar-refractivity contribution is 0.414. The van der Waals surface area contributed by atoms with Crippen LogP contribution in [-0.2, 0) is 0 Å². The number of hydrogen-bond acceptors (Lipinski definition) is 5. The van der Waals surface area contributed by atoms with Gasteiger partial charge in [-0.05, 0) is 26.0 Å². The Balaban J connectivity index is 2.07. The fraction of sp³-hybridized carbons (Fsp3) is 0.231. The predicted molar refractivity (Wildman–Crippen MR) is 75.8 cm³/mol. The lowest BCUT2D eigenvalue weighted by Gasteiger charge is -2.02. The minimum absolute atomic E-state index is 0.801. The van der Waals surface area contributed by atoms with E-state index in [0.717, 1.165) is 22.1 Å². The van der Waals surface area contributed by atoms with Crippen LogP contribution in [0, 0.1) is 13.8 Å². The molecule has 0 amide bonds. The van der Waals surface area contributed by atoms with Crippen LogP contribution in [0.1, 0.15) is 16.1 Å². The number of benzene rings is 1. The highest BCUT2D eigenvalue weighted by Gasteiger charge is 2.01. The van der Waals surface area contributed by atoms with Gasteiger partial charge in [0.2, 0.25) is 5.13 Å². The second kappa shape index (κ2) is 5.64. The van der Waals surface area contributed by atoms with Crippen LogP contribution >= 0.6 is 11.3 Å². The highest BCUT2D eigenvalue weighted by molar-refractivity contribution is 7.15. The maximum Gasteiger partial charge on any atom is 0.203 e. The molecule has 0 atom stereocenters. The Labute approximate surface area is 110 Å². The average molecular weight is 261 g/mol. The number of aromatic nitrogens is 1. The molecule has 94 valence electrons. The molecule has 4 nitrogen and oxygen atoms in total. The van der Waals surface area contributed by atoms with Crippen molar-refractivity contribution in [1.82, 2.24) is 4.98 Å². The fourth-order valence-corrected chi connectivity index (χ4v) is 2.21. The molecule has 0 unspecified atom stereocenters. The van der Waals surface area contributed by atoms with Crippen LogP contribution in [0.3, 0.4) is 0 Å². The van der Waals surface area contributed by atoms with Crippen LogP contribution < -0.4 is 10.2 Å². The van der Waals surface area contributed by atoms with E-state index in [4.69, 9.17) is 4.74 Å². The van der Waals surface area contributed by atoms with E-state index >= 15 is 0 Å². The highest BCUT2D eigenvalue weighted by Crippen LogP contribution is 2.21. The number of thiazole rings is 1. The molecule has 0 saturated carbocycles. The third-order valence-electron chi connectivity index (χ3n) is 2.53. The lowest BCUT2D eigenvalue weighted by Crippen LogP contribution is -1.93. The Kier molecular flexibility index (Phi) is 3.94.